The van der Waals surface area contributed by atoms with Gasteiger partial charge in [-0.05, 0) is 49.9 Å². The third-order valence-electron chi connectivity index (χ3n) is 4.55. The third kappa shape index (κ3) is 3.96. The molecular formula is C17H24N2O4S. The zero-order chi connectivity index (χ0) is 17.0. The van der Waals surface area contributed by atoms with Crippen LogP contribution in [-0.2, 0) is 19.6 Å². The van der Waals surface area contributed by atoms with E-state index in [0.717, 1.165) is 38.5 Å². The monoisotopic (exact) mass is 352 g/mol. The van der Waals surface area contributed by atoms with Crippen LogP contribution >= 0.6 is 0 Å². The molecule has 6 nitrogen and oxygen atoms in total. The summed E-state index contributed by atoms with van der Waals surface area (Å²) in [6, 6.07) is 6.39. The fraction of sp³-hybridized carbons (Fsp3) is 0.588. The number of hydrogen-bond acceptors (Lipinski definition) is 4. The summed E-state index contributed by atoms with van der Waals surface area (Å²) in [4.78, 5) is 12.3. The molecule has 1 amide bonds. The van der Waals surface area contributed by atoms with Gasteiger partial charge in [-0.2, -0.15) is 4.31 Å². The highest BCUT2D eigenvalue weighted by Crippen LogP contribution is 2.22. The average molecular weight is 352 g/mol. The molecule has 3 rings (SSSR count). The number of amides is 1. The molecule has 2 aliphatic rings. The molecule has 7 heteroatoms. The summed E-state index contributed by atoms with van der Waals surface area (Å²) in [5.41, 5.74) is 0.588. The van der Waals surface area contributed by atoms with Crippen LogP contribution in [0.1, 0.15) is 38.5 Å². The fourth-order valence-corrected chi connectivity index (χ4v) is 4.67. The van der Waals surface area contributed by atoms with Gasteiger partial charge in [-0.1, -0.05) is 12.8 Å². The van der Waals surface area contributed by atoms with Gasteiger partial charge in [0.05, 0.1) is 4.90 Å². The first kappa shape index (κ1) is 17.4. The molecule has 0 unspecified atom stereocenters. The van der Waals surface area contributed by atoms with E-state index in [9.17, 15) is 13.2 Å². The van der Waals surface area contributed by atoms with Gasteiger partial charge in [0.15, 0.2) is 0 Å². The van der Waals surface area contributed by atoms with Gasteiger partial charge in [0.2, 0.25) is 10.0 Å². The van der Waals surface area contributed by atoms with Crippen LogP contribution in [0, 0.1) is 0 Å². The van der Waals surface area contributed by atoms with E-state index in [1.165, 1.54) is 0 Å². The van der Waals surface area contributed by atoms with Crippen LogP contribution in [-0.4, -0.2) is 44.4 Å². The topological polar surface area (TPSA) is 75.7 Å². The van der Waals surface area contributed by atoms with E-state index in [1.807, 2.05) is 0 Å². The van der Waals surface area contributed by atoms with Crippen molar-refractivity contribution in [1.29, 1.82) is 0 Å². The fourth-order valence-electron chi connectivity index (χ4n) is 3.15. The van der Waals surface area contributed by atoms with Crippen molar-refractivity contribution in [2.75, 3.05) is 25.0 Å². The van der Waals surface area contributed by atoms with Crippen LogP contribution in [0.5, 0.6) is 0 Å². The molecular weight excluding hydrogens is 328 g/mol. The molecule has 2 heterocycles. The Morgan fingerprint density at radius 2 is 1.71 bits per heavy atom. The second-order valence-corrected chi connectivity index (χ2v) is 8.27. The van der Waals surface area contributed by atoms with E-state index < -0.39 is 16.1 Å². The molecule has 132 valence electrons. The quantitative estimate of drug-likeness (QED) is 0.903. The molecule has 24 heavy (non-hydrogen) atoms. The third-order valence-corrected chi connectivity index (χ3v) is 6.46. The van der Waals surface area contributed by atoms with Gasteiger partial charge >= 0.3 is 0 Å². The van der Waals surface area contributed by atoms with Gasteiger partial charge in [-0.15, -0.1) is 0 Å². The summed E-state index contributed by atoms with van der Waals surface area (Å²) in [5.74, 6) is -0.171. The van der Waals surface area contributed by atoms with Crippen molar-refractivity contribution in [3.63, 3.8) is 0 Å². The highest BCUT2D eigenvalue weighted by atomic mass is 32.2. The molecule has 2 aliphatic heterocycles. The molecule has 0 aromatic heterocycles. The molecule has 0 radical (unpaired) electrons. The number of nitrogens with zero attached hydrogens (tertiary/aromatic N) is 1. The van der Waals surface area contributed by atoms with Gasteiger partial charge in [-0.3, -0.25) is 4.79 Å². The minimum Gasteiger partial charge on any atom is -0.368 e. The van der Waals surface area contributed by atoms with Crippen LogP contribution in [0.25, 0.3) is 0 Å². The first-order chi connectivity index (χ1) is 11.6. The number of nitrogens with one attached hydrogen (secondary N) is 1. The van der Waals surface area contributed by atoms with E-state index >= 15 is 0 Å². The van der Waals surface area contributed by atoms with Gasteiger partial charge in [0, 0.05) is 25.4 Å². The lowest BCUT2D eigenvalue weighted by Gasteiger charge is -2.20. The van der Waals surface area contributed by atoms with Gasteiger partial charge < -0.3 is 10.1 Å². The molecule has 0 spiro atoms. The molecule has 1 N–H and O–H groups in total. The van der Waals surface area contributed by atoms with Crippen molar-refractivity contribution in [2.24, 2.45) is 0 Å². The summed E-state index contributed by atoms with van der Waals surface area (Å²) in [7, 11) is -3.45. The first-order valence-corrected chi connectivity index (χ1v) is 10.0. The van der Waals surface area contributed by atoms with Crippen LogP contribution < -0.4 is 5.32 Å². The Balaban J connectivity index is 1.67. The van der Waals surface area contributed by atoms with Crippen LogP contribution in [0.2, 0.25) is 0 Å². The highest BCUT2D eigenvalue weighted by Gasteiger charge is 2.26. The number of hydrogen-bond donors (Lipinski definition) is 1. The van der Waals surface area contributed by atoms with Gasteiger partial charge in [0.1, 0.15) is 6.10 Å². The zero-order valence-electron chi connectivity index (χ0n) is 13.7. The number of ether oxygens (including phenoxy) is 1. The van der Waals surface area contributed by atoms with Crippen LogP contribution in [0.4, 0.5) is 5.69 Å². The number of benzene rings is 1. The maximum absolute atomic E-state index is 12.7. The smallest absolute Gasteiger partial charge is 0.253 e. The Hall–Kier alpha value is -1.44. The Labute approximate surface area is 143 Å². The molecule has 0 aliphatic carbocycles. The van der Waals surface area contributed by atoms with E-state index in [0.29, 0.717) is 25.4 Å². The van der Waals surface area contributed by atoms with E-state index in [1.54, 1.807) is 28.6 Å². The van der Waals surface area contributed by atoms with Crippen LogP contribution in [0.3, 0.4) is 0 Å². The first-order valence-electron chi connectivity index (χ1n) is 8.60. The molecule has 1 aromatic rings. The maximum atomic E-state index is 12.7. The van der Waals surface area contributed by atoms with Crippen molar-refractivity contribution in [3.8, 4) is 0 Å². The second kappa shape index (κ2) is 7.63. The van der Waals surface area contributed by atoms with Crippen LogP contribution in [0.15, 0.2) is 29.2 Å². The molecule has 1 atom stereocenters. The lowest BCUT2D eigenvalue weighted by Crippen LogP contribution is -2.32. The van der Waals surface area contributed by atoms with Crippen molar-refractivity contribution >= 4 is 21.6 Å². The Morgan fingerprint density at radius 3 is 2.29 bits per heavy atom. The summed E-state index contributed by atoms with van der Waals surface area (Å²) >= 11 is 0. The number of anilines is 1. The molecule has 0 saturated carbocycles. The summed E-state index contributed by atoms with van der Waals surface area (Å²) in [6.45, 7) is 1.78. The predicted molar refractivity (Wildman–Crippen MR) is 91.3 cm³/mol. The van der Waals surface area contributed by atoms with E-state index in [-0.39, 0.29) is 10.8 Å². The molecule has 2 fully saturated rings. The van der Waals surface area contributed by atoms with Crippen molar-refractivity contribution in [3.05, 3.63) is 24.3 Å². The molecule has 0 bridgehead atoms. The van der Waals surface area contributed by atoms with Gasteiger partial charge in [0.25, 0.3) is 5.91 Å². The summed E-state index contributed by atoms with van der Waals surface area (Å²) < 4.78 is 32.3. The average Bonchev–Trinajstić information content (AvgIpc) is 2.97. The molecule has 2 saturated heterocycles. The Kier molecular flexibility index (Phi) is 5.53. The van der Waals surface area contributed by atoms with Crippen molar-refractivity contribution in [2.45, 2.75) is 49.5 Å². The summed E-state index contributed by atoms with van der Waals surface area (Å²) in [5, 5.41) is 2.78. The second-order valence-electron chi connectivity index (χ2n) is 6.33. The van der Waals surface area contributed by atoms with E-state index in [4.69, 9.17) is 4.74 Å². The minimum atomic E-state index is -3.45. The number of sulfonamides is 1. The standard InChI is InChI=1S/C17H24N2O4S/c20-17(16-6-5-13-23-16)18-14-7-9-15(10-8-14)24(21,22)19-11-3-1-2-4-12-19/h7-10,16H,1-6,11-13H2,(H,18,20)/t16-/m1/s1. The van der Waals surface area contributed by atoms with Crippen molar-refractivity contribution in [1.82, 2.24) is 4.31 Å². The van der Waals surface area contributed by atoms with E-state index in [2.05, 4.69) is 5.32 Å². The van der Waals surface area contributed by atoms with Gasteiger partial charge in [-0.25, -0.2) is 8.42 Å². The normalized spacial score (nSPS) is 22.9. The Morgan fingerprint density at radius 1 is 1.04 bits per heavy atom. The maximum Gasteiger partial charge on any atom is 0.253 e. The lowest BCUT2D eigenvalue weighted by molar-refractivity contribution is -0.124. The minimum absolute atomic E-state index is 0.171. The SMILES string of the molecule is O=C(Nc1ccc(S(=O)(=O)N2CCCCCC2)cc1)[C@H]1CCCO1. The van der Waals surface area contributed by atoms with Crippen molar-refractivity contribution < 1.29 is 17.9 Å². The largest absolute Gasteiger partial charge is 0.368 e. The molecule has 1 aromatic carbocycles. The number of carbonyl (C=O) groups is 1. The summed E-state index contributed by atoms with van der Waals surface area (Å²) in [6.07, 6.45) is 5.22. The lowest BCUT2D eigenvalue weighted by atomic mass is 10.2. The number of rotatable bonds is 4. The Bertz CT molecular complexity index is 658. The predicted octanol–water partition coefficient (Wildman–Crippen LogP) is 2.37. The highest BCUT2D eigenvalue weighted by molar-refractivity contribution is 7.89. The zero-order valence-corrected chi connectivity index (χ0v) is 14.6. The number of carbonyl (C=O) groups excluding carboxylic acids is 1.